The van der Waals surface area contributed by atoms with Gasteiger partial charge >= 0.3 is 0 Å². The second-order valence-electron chi connectivity index (χ2n) is 2.38. The molecule has 0 aliphatic rings. The highest BCUT2D eigenvalue weighted by atomic mass is 79.9. The second-order valence-corrected chi connectivity index (χ2v) is 4.02. The number of benzene rings is 1. The standard InChI is InChI=1S/C8H8Br2.C2H6/c1-5-3-6(2)8(10)7(9)4-5;1-2/h3-4H,1-2H3;1-2H3. The van der Waals surface area contributed by atoms with E-state index in [0.29, 0.717) is 0 Å². The normalized spacial score (nSPS) is 8.83. The third kappa shape index (κ3) is 3.28. The van der Waals surface area contributed by atoms with Crippen molar-refractivity contribution in [3.05, 3.63) is 32.2 Å². The predicted octanol–water partition coefficient (Wildman–Crippen LogP) is 4.85. The van der Waals surface area contributed by atoms with Gasteiger partial charge in [0.05, 0.1) is 0 Å². The van der Waals surface area contributed by atoms with Crippen molar-refractivity contribution in [1.29, 1.82) is 0 Å². The molecule has 2 heteroatoms. The lowest BCUT2D eigenvalue weighted by atomic mass is 10.2. The van der Waals surface area contributed by atoms with Crippen LogP contribution in [0.15, 0.2) is 21.1 Å². The first-order valence-corrected chi connectivity index (χ1v) is 5.62. The molecule has 0 radical (unpaired) electrons. The fourth-order valence-corrected chi connectivity index (χ4v) is 1.80. The van der Waals surface area contributed by atoms with Crippen LogP contribution in [0, 0.1) is 13.8 Å². The Balaban J connectivity index is 0.000000561. The molecule has 0 nitrogen and oxygen atoms in total. The van der Waals surface area contributed by atoms with Crippen molar-refractivity contribution in [3.8, 4) is 0 Å². The largest absolute Gasteiger partial charge is 0.0683 e. The van der Waals surface area contributed by atoms with Gasteiger partial charge in [-0.15, -0.1) is 0 Å². The van der Waals surface area contributed by atoms with Crippen molar-refractivity contribution >= 4 is 31.9 Å². The van der Waals surface area contributed by atoms with Crippen LogP contribution in [-0.4, -0.2) is 0 Å². The Hall–Kier alpha value is 0.180. The Labute approximate surface area is 91.6 Å². The molecule has 0 bridgehead atoms. The average molecular weight is 294 g/mol. The molecule has 1 aromatic rings. The first-order chi connectivity index (χ1) is 5.61. The third-order valence-corrected chi connectivity index (χ3v) is 3.56. The van der Waals surface area contributed by atoms with Crippen molar-refractivity contribution < 1.29 is 0 Å². The summed E-state index contributed by atoms with van der Waals surface area (Å²) in [7, 11) is 0. The Kier molecular flexibility index (Phi) is 5.85. The van der Waals surface area contributed by atoms with Crippen molar-refractivity contribution in [1.82, 2.24) is 0 Å². The van der Waals surface area contributed by atoms with Crippen molar-refractivity contribution in [2.45, 2.75) is 27.7 Å². The Bertz CT molecular complexity index is 231. The number of aryl methyl sites for hydroxylation is 2. The van der Waals surface area contributed by atoms with Crippen LogP contribution in [0.3, 0.4) is 0 Å². The third-order valence-electron chi connectivity index (χ3n) is 1.35. The maximum Gasteiger partial charge on any atom is 0.0346 e. The number of hydrogen-bond donors (Lipinski definition) is 0. The van der Waals surface area contributed by atoms with E-state index in [9.17, 15) is 0 Å². The highest BCUT2D eigenvalue weighted by Crippen LogP contribution is 2.27. The minimum atomic E-state index is 1.13. The molecule has 0 aromatic heterocycles. The summed E-state index contributed by atoms with van der Waals surface area (Å²) < 4.78 is 2.28. The first kappa shape index (κ1) is 12.2. The van der Waals surface area contributed by atoms with Gasteiger partial charge in [0, 0.05) is 8.95 Å². The van der Waals surface area contributed by atoms with E-state index in [2.05, 4.69) is 57.8 Å². The Morgan fingerprint density at radius 1 is 1.00 bits per heavy atom. The lowest BCUT2D eigenvalue weighted by molar-refractivity contribution is 1.34. The predicted molar refractivity (Wildman–Crippen MR) is 62.7 cm³/mol. The van der Waals surface area contributed by atoms with Gasteiger partial charge in [-0.05, 0) is 62.9 Å². The fraction of sp³-hybridized carbons (Fsp3) is 0.400. The first-order valence-electron chi connectivity index (χ1n) is 4.03. The zero-order chi connectivity index (χ0) is 9.72. The van der Waals surface area contributed by atoms with Crippen molar-refractivity contribution in [3.63, 3.8) is 0 Å². The molecule has 1 aromatic carbocycles. The molecule has 0 atom stereocenters. The fourth-order valence-electron chi connectivity index (χ4n) is 0.898. The Morgan fingerprint density at radius 3 is 1.92 bits per heavy atom. The SMILES string of the molecule is CC.Cc1cc(C)c(Br)c(Br)c1. The molecule has 0 N–H and O–H groups in total. The maximum absolute atomic E-state index is 3.47. The van der Waals surface area contributed by atoms with Gasteiger partial charge in [-0.2, -0.15) is 0 Å². The van der Waals surface area contributed by atoms with Gasteiger partial charge in [0.1, 0.15) is 0 Å². The van der Waals surface area contributed by atoms with Crippen molar-refractivity contribution in [2.75, 3.05) is 0 Å². The summed E-state index contributed by atoms with van der Waals surface area (Å²) in [6.07, 6.45) is 0. The lowest BCUT2D eigenvalue weighted by Crippen LogP contribution is -1.79. The van der Waals surface area contributed by atoms with E-state index in [1.807, 2.05) is 13.8 Å². The molecule has 12 heavy (non-hydrogen) atoms. The van der Waals surface area contributed by atoms with E-state index in [1.54, 1.807) is 0 Å². The van der Waals surface area contributed by atoms with Crippen LogP contribution in [-0.2, 0) is 0 Å². The zero-order valence-corrected chi connectivity index (χ0v) is 11.1. The maximum atomic E-state index is 3.47. The van der Waals surface area contributed by atoms with Gasteiger partial charge in [0.15, 0.2) is 0 Å². The molecule has 0 amide bonds. The minimum absolute atomic E-state index is 1.13. The van der Waals surface area contributed by atoms with E-state index in [1.165, 1.54) is 11.1 Å². The summed E-state index contributed by atoms with van der Waals surface area (Å²) in [5, 5.41) is 0. The second kappa shape index (κ2) is 5.76. The summed E-state index contributed by atoms with van der Waals surface area (Å²) in [5.41, 5.74) is 2.56. The molecule has 1 rings (SSSR count). The summed E-state index contributed by atoms with van der Waals surface area (Å²) >= 11 is 6.92. The average Bonchev–Trinajstić information content (AvgIpc) is 2.04. The van der Waals surface area contributed by atoms with Crippen molar-refractivity contribution in [2.24, 2.45) is 0 Å². The smallest absolute Gasteiger partial charge is 0.0346 e. The summed E-state index contributed by atoms with van der Waals surface area (Å²) in [5.74, 6) is 0. The van der Waals surface area contributed by atoms with E-state index in [-0.39, 0.29) is 0 Å². The van der Waals surface area contributed by atoms with Gasteiger partial charge in [-0.1, -0.05) is 19.9 Å². The summed E-state index contributed by atoms with van der Waals surface area (Å²) in [6, 6.07) is 4.24. The monoisotopic (exact) mass is 292 g/mol. The molecule has 0 saturated carbocycles. The highest BCUT2D eigenvalue weighted by Gasteiger charge is 1.99. The topological polar surface area (TPSA) is 0 Å². The molecule has 0 unspecified atom stereocenters. The van der Waals surface area contributed by atoms with Crippen LogP contribution < -0.4 is 0 Å². The van der Waals surface area contributed by atoms with E-state index < -0.39 is 0 Å². The molecule has 0 fully saturated rings. The molecule has 0 aliphatic carbocycles. The molecule has 0 aliphatic heterocycles. The van der Waals surface area contributed by atoms with Crippen LogP contribution >= 0.6 is 31.9 Å². The molecular formula is C10H14Br2. The highest BCUT2D eigenvalue weighted by molar-refractivity contribution is 9.13. The molecule has 0 saturated heterocycles. The van der Waals surface area contributed by atoms with Gasteiger partial charge < -0.3 is 0 Å². The van der Waals surface area contributed by atoms with Gasteiger partial charge in [0.2, 0.25) is 0 Å². The zero-order valence-electron chi connectivity index (χ0n) is 7.91. The van der Waals surface area contributed by atoms with Crippen LogP contribution in [0.1, 0.15) is 25.0 Å². The molecule has 0 spiro atoms. The van der Waals surface area contributed by atoms with Gasteiger partial charge in [0.25, 0.3) is 0 Å². The lowest BCUT2D eigenvalue weighted by Gasteiger charge is -2.01. The summed E-state index contributed by atoms with van der Waals surface area (Å²) in [4.78, 5) is 0. The van der Waals surface area contributed by atoms with Crippen LogP contribution in [0.25, 0.3) is 0 Å². The van der Waals surface area contributed by atoms with E-state index >= 15 is 0 Å². The quantitative estimate of drug-likeness (QED) is 0.641. The van der Waals surface area contributed by atoms with Crippen LogP contribution in [0.5, 0.6) is 0 Å². The van der Waals surface area contributed by atoms with Gasteiger partial charge in [-0.25, -0.2) is 0 Å². The van der Waals surface area contributed by atoms with Crippen LogP contribution in [0.4, 0.5) is 0 Å². The molecular weight excluding hydrogens is 280 g/mol. The molecule has 0 heterocycles. The van der Waals surface area contributed by atoms with Gasteiger partial charge in [-0.3, -0.25) is 0 Å². The van der Waals surface area contributed by atoms with E-state index in [4.69, 9.17) is 0 Å². The number of hydrogen-bond acceptors (Lipinski definition) is 0. The Morgan fingerprint density at radius 2 is 1.50 bits per heavy atom. The minimum Gasteiger partial charge on any atom is -0.0683 e. The van der Waals surface area contributed by atoms with E-state index in [0.717, 1.165) is 8.95 Å². The summed E-state index contributed by atoms with van der Waals surface area (Å²) in [6.45, 7) is 8.17. The molecule has 68 valence electrons. The number of rotatable bonds is 0. The number of halogens is 2. The van der Waals surface area contributed by atoms with Crippen LogP contribution in [0.2, 0.25) is 0 Å².